The molecule has 118 valence electrons. The van der Waals surface area contributed by atoms with Crippen molar-refractivity contribution in [3.63, 3.8) is 0 Å². The fourth-order valence-electron chi connectivity index (χ4n) is 4.17. The highest BCUT2D eigenvalue weighted by molar-refractivity contribution is 4.90. The number of rotatable bonds is 6. The summed E-state index contributed by atoms with van der Waals surface area (Å²) >= 11 is 0. The molecule has 0 radical (unpaired) electrons. The maximum Gasteiger partial charge on any atom is 0.0586 e. The zero-order chi connectivity index (χ0) is 14.3. The lowest BCUT2D eigenvalue weighted by Gasteiger charge is -2.43. The molecule has 2 rings (SSSR count). The van der Waals surface area contributed by atoms with Crippen molar-refractivity contribution in [1.82, 2.24) is 10.2 Å². The topological polar surface area (TPSA) is 35.5 Å². The van der Waals surface area contributed by atoms with Crippen molar-refractivity contribution >= 4 is 0 Å². The maximum absolute atomic E-state index is 9.72. The minimum Gasteiger partial charge on any atom is -0.395 e. The third-order valence-electron chi connectivity index (χ3n) is 5.41. The van der Waals surface area contributed by atoms with Crippen LogP contribution < -0.4 is 5.32 Å². The molecule has 1 aliphatic carbocycles. The Bertz CT molecular complexity index is 264. The van der Waals surface area contributed by atoms with Gasteiger partial charge in [-0.15, -0.1) is 0 Å². The predicted molar refractivity (Wildman–Crippen MR) is 85.0 cm³/mol. The SMILES string of the molecule is CCNCC1(CN2CCCCCC2CO)CCCCC1. The first-order valence-electron chi connectivity index (χ1n) is 8.85. The van der Waals surface area contributed by atoms with E-state index >= 15 is 0 Å². The van der Waals surface area contributed by atoms with Gasteiger partial charge in [0.25, 0.3) is 0 Å². The van der Waals surface area contributed by atoms with Crippen LogP contribution in [0.15, 0.2) is 0 Å². The lowest BCUT2D eigenvalue weighted by atomic mass is 9.73. The fourth-order valence-corrected chi connectivity index (χ4v) is 4.17. The van der Waals surface area contributed by atoms with Gasteiger partial charge in [0, 0.05) is 19.1 Å². The molecule has 0 bridgehead atoms. The number of aliphatic hydroxyl groups is 1. The summed E-state index contributed by atoms with van der Waals surface area (Å²) in [5.41, 5.74) is 0.464. The second kappa shape index (κ2) is 8.35. The van der Waals surface area contributed by atoms with Crippen LogP contribution in [0.2, 0.25) is 0 Å². The Morgan fingerprint density at radius 1 is 1.10 bits per heavy atom. The van der Waals surface area contributed by atoms with E-state index in [9.17, 15) is 5.11 Å². The van der Waals surface area contributed by atoms with Gasteiger partial charge < -0.3 is 10.4 Å². The van der Waals surface area contributed by atoms with Gasteiger partial charge in [-0.1, -0.05) is 39.0 Å². The van der Waals surface area contributed by atoms with Crippen molar-refractivity contribution in [2.24, 2.45) is 5.41 Å². The number of nitrogens with zero attached hydrogens (tertiary/aromatic N) is 1. The molecule has 1 atom stereocenters. The highest BCUT2D eigenvalue weighted by Crippen LogP contribution is 2.37. The standard InChI is InChI=1S/C17H34N2O/c1-2-18-14-17(10-6-4-7-11-17)15-19-12-8-3-5-9-16(19)13-20/h16,18,20H,2-15H2,1H3. The third kappa shape index (κ3) is 4.44. The fraction of sp³-hybridized carbons (Fsp3) is 1.00. The summed E-state index contributed by atoms with van der Waals surface area (Å²) in [4.78, 5) is 2.62. The van der Waals surface area contributed by atoms with Crippen molar-refractivity contribution in [2.75, 3.05) is 32.8 Å². The van der Waals surface area contributed by atoms with Crippen LogP contribution in [0.25, 0.3) is 0 Å². The Labute approximate surface area is 125 Å². The van der Waals surface area contributed by atoms with E-state index in [0.29, 0.717) is 18.1 Å². The monoisotopic (exact) mass is 282 g/mol. The number of aliphatic hydroxyl groups excluding tert-OH is 1. The van der Waals surface area contributed by atoms with Crippen LogP contribution in [0.3, 0.4) is 0 Å². The van der Waals surface area contributed by atoms with E-state index in [1.54, 1.807) is 0 Å². The molecule has 0 aromatic carbocycles. The summed E-state index contributed by atoms with van der Waals surface area (Å²) < 4.78 is 0. The molecule has 0 aromatic heterocycles. The maximum atomic E-state index is 9.72. The lowest BCUT2D eigenvalue weighted by Crippen LogP contribution is -2.49. The third-order valence-corrected chi connectivity index (χ3v) is 5.41. The number of hydrogen-bond donors (Lipinski definition) is 2. The largest absolute Gasteiger partial charge is 0.395 e. The van der Waals surface area contributed by atoms with Crippen molar-refractivity contribution in [3.8, 4) is 0 Å². The summed E-state index contributed by atoms with van der Waals surface area (Å²) in [6.07, 6.45) is 12.1. The van der Waals surface area contributed by atoms with Crippen LogP contribution in [0.4, 0.5) is 0 Å². The average Bonchev–Trinajstić information content (AvgIpc) is 2.71. The van der Waals surface area contributed by atoms with Gasteiger partial charge in [-0.2, -0.15) is 0 Å². The number of hydrogen-bond acceptors (Lipinski definition) is 3. The molecule has 2 fully saturated rings. The van der Waals surface area contributed by atoms with Gasteiger partial charge in [0.2, 0.25) is 0 Å². The zero-order valence-electron chi connectivity index (χ0n) is 13.4. The molecule has 0 aromatic rings. The second-order valence-electron chi connectivity index (χ2n) is 7.00. The average molecular weight is 282 g/mol. The Kier molecular flexibility index (Phi) is 6.79. The predicted octanol–water partition coefficient (Wildman–Crippen LogP) is 2.78. The van der Waals surface area contributed by atoms with Crippen molar-refractivity contribution in [3.05, 3.63) is 0 Å². The first-order valence-corrected chi connectivity index (χ1v) is 8.85. The molecule has 2 aliphatic rings. The summed E-state index contributed by atoms with van der Waals surface area (Å²) in [5.74, 6) is 0. The zero-order valence-corrected chi connectivity index (χ0v) is 13.4. The van der Waals surface area contributed by atoms with E-state index in [0.717, 1.165) is 13.1 Å². The van der Waals surface area contributed by atoms with Crippen molar-refractivity contribution in [2.45, 2.75) is 70.8 Å². The molecule has 3 heteroatoms. The van der Waals surface area contributed by atoms with Crippen molar-refractivity contribution in [1.29, 1.82) is 0 Å². The smallest absolute Gasteiger partial charge is 0.0586 e. The van der Waals surface area contributed by atoms with Crippen LogP contribution in [0.5, 0.6) is 0 Å². The lowest BCUT2D eigenvalue weighted by molar-refractivity contribution is 0.0527. The van der Waals surface area contributed by atoms with Crippen LogP contribution in [0, 0.1) is 5.41 Å². The van der Waals surface area contributed by atoms with E-state index in [1.807, 2.05) is 0 Å². The molecule has 20 heavy (non-hydrogen) atoms. The van der Waals surface area contributed by atoms with E-state index in [4.69, 9.17) is 0 Å². The highest BCUT2D eigenvalue weighted by atomic mass is 16.3. The number of likely N-dealkylation sites (tertiary alicyclic amines) is 1. The summed E-state index contributed by atoms with van der Waals surface area (Å²) in [7, 11) is 0. The molecular weight excluding hydrogens is 248 g/mol. The molecule has 1 saturated carbocycles. The first-order chi connectivity index (χ1) is 9.79. The second-order valence-corrected chi connectivity index (χ2v) is 7.00. The molecule has 1 unspecified atom stereocenters. The van der Waals surface area contributed by atoms with Gasteiger partial charge in [-0.25, -0.2) is 0 Å². The van der Waals surface area contributed by atoms with E-state index in [1.165, 1.54) is 70.9 Å². The van der Waals surface area contributed by atoms with E-state index in [2.05, 4.69) is 17.1 Å². The van der Waals surface area contributed by atoms with Gasteiger partial charge in [0.05, 0.1) is 6.61 Å². The Balaban J connectivity index is 2.00. The highest BCUT2D eigenvalue weighted by Gasteiger charge is 2.35. The molecule has 2 N–H and O–H groups in total. The molecular formula is C17H34N2O. The van der Waals surface area contributed by atoms with Gasteiger partial charge in [0.1, 0.15) is 0 Å². The van der Waals surface area contributed by atoms with Gasteiger partial charge in [-0.3, -0.25) is 4.90 Å². The van der Waals surface area contributed by atoms with Gasteiger partial charge in [0.15, 0.2) is 0 Å². The molecule has 1 aliphatic heterocycles. The number of nitrogens with one attached hydrogen (secondary N) is 1. The summed E-state index contributed by atoms with van der Waals surface area (Å²) in [6.45, 7) is 7.18. The Morgan fingerprint density at radius 2 is 1.85 bits per heavy atom. The van der Waals surface area contributed by atoms with Crippen LogP contribution in [-0.2, 0) is 0 Å². The van der Waals surface area contributed by atoms with E-state index in [-0.39, 0.29) is 0 Å². The minimum absolute atomic E-state index is 0.345. The first kappa shape index (κ1) is 16.3. The van der Waals surface area contributed by atoms with Gasteiger partial charge >= 0.3 is 0 Å². The normalized spacial score (nSPS) is 28.2. The minimum atomic E-state index is 0.345. The summed E-state index contributed by atoms with van der Waals surface area (Å²) in [5, 5.41) is 13.3. The molecule has 0 amide bonds. The van der Waals surface area contributed by atoms with E-state index < -0.39 is 0 Å². The molecule has 3 nitrogen and oxygen atoms in total. The Hall–Kier alpha value is -0.120. The van der Waals surface area contributed by atoms with Gasteiger partial charge in [-0.05, 0) is 44.2 Å². The summed E-state index contributed by atoms with van der Waals surface area (Å²) in [6, 6.07) is 0.415. The van der Waals surface area contributed by atoms with Crippen LogP contribution in [-0.4, -0.2) is 48.8 Å². The van der Waals surface area contributed by atoms with Crippen LogP contribution in [0.1, 0.15) is 64.7 Å². The molecule has 1 saturated heterocycles. The van der Waals surface area contributed by atoms with Crippen LogP contribution >= 0.6 is 0 Å². The van der Waals surface area contributed by atoms with Crippen molar-refractivity contribution < 1.29 is 5.11 Å². The Morgan fingerprint density at radius 3 is 2.55 bits per heavy atom. The molecule has 0 spiro atoms. The molecule has 1 heterocycles. The quantitative estimate of drug-likeness (QED) is 0.786.